The second-order valence-corrected chi connectivity index (χ2v) is 0. The molecule has 0 aliphatic carbocycles. The Balaban J connectivity index is 0. The quantitative estimate of drug-likeness (QED) is 0.405. The van der Waals surface area contributed by atoms with E-state index in [-0.39, 0.29) is 91.7 Å². The summed E-state index contributed by atoms with van der Waals surface area (Å²) in [4.78, 5) is 0. The minimum Gasteiger partial charge on any atom is 0 e. The number of rotatable bonds is 0. The van der Waals surface area contributed by atoms with Gasteiger partial charge in [0.15, 0.2) is 0 Å². The van der Waals surface area contributed by atoms with Crippen molar-refractivity contribution in [2.24, 2.45) is 0 Å². The van der Waals surface area contributed by atoms with Crippen LogP contribution in [0.25, 0.3) is 0 Å². The zero-order valence-corrected chi connectivity index (χ0v) is 4.42. The molecule has 4 heteroatoms. The average molecular weight is 179 g/mol. The molecule has 0 amide bonds. The van der Waals surface area contributed by atoms with Crippen molar-refractivity contribution in [2.75, 3.05) is 0 Å². The molecule has 4 heavy (non-hydrogen) atoms. The molecule has 0 bridgehead atoms. The SMILES string of the molecule is [Fe].[LiH].[NaH].[Zr]. The maximum atomic E-state index is 0. The smallest absolute Gasteiger partial charge is 0 e. The third kappa shape index (κ3) is 8.89. The molecule has 0 saturated carbocycles. The molecule has 0 radical (unpaired) electrons. The van der Waals surface area contributed by atoms with Gasteiger partial charge in [-0.15, -0.1) is 0 Å². The first kappa shape index (κ1) is 28.0. The van der Waals surface area contributed by atoms with Crippen LogP contribution >= 0.6 is 0 Å². The van der Waals surface area contributed by atoms with Gasteiger partial charge in [0.25, 0.3) is 0 Å². The van der Waals surface area contributed by atoms with Gasteiger partial charge in [0.2, 0.25) is 0 Å². The molecule has 0 N–H and O–H groups in total. The maximum absolute atomic E-state index is 0. The molecule has 16 valence electrons. The molecule has 0 aliphatic rings. The fourth-order valence-electron chi connectivity index (χ4n) is 0. The normalized spacial score (nSPS) is 0. The molecule has 0 atom stereocenters. The van der Waals surface area contributed by atoms with E-state index in [1.54, 1.807) is 0 Å². The molecule has 0 spiro atoms. The summed E-state index contributed by atoms with van der Waals surface area (Å²) in [6.45, 7) is 0. The molecule has 0 aromatic carbocycles. The Morgan fingerprint density at radius 3 is 1.00 bits per heavy atom. The van der Waals surface area contributed by atoms with Crippen LogP contribution in [0.15, 0.2) is 0 Å². The van der Waals surface area contributed by atoms with Gasteiger partial charge in [-0.3, -0.25) is 0 Å². The average Bonchev–Trinajstić information content (AvgIpc) is 0. The summed E-state index contributed by atoms with van der Waals surface area (Å²) in [5.41, 5.74) is 0. The van der Waals surface area contributed by atoms with Crippen LogP contribution in [0.4, 0.5) is 0 Å². The van der Waals surface area contributed by atoms with E-state index < -0.39 is 0 Å². The van der Waals surface area contributed by atoms with E-state index in [4.69, 9.17) is 0 Å². The summed E-state index contributed by atoms with van der Waals surface area (Å²) in [6.07, 6.45) is 0. The summed E-state index contributed by atoms with van der Waals surface area (Å²) in [5, 5.41) is 0. The van der Waals surface area contributed by atoms with Gasteiger partial charge in [-0.2, -0.15) is 0 Å². The van der Waals surface area contributed by atoms with E-state index in [1.807, 2.05) is 0 Å². The molecule has 0 heterocycles. The summed E-state index contributed by atoms with van der Waals surface area (Å²) < 4.78 is 0. The molecule has 0 aliphatic heterocycles. The van der Waals surface area contributed by atoms with Gasteiger partial charge in [0.1, 0.15) is 0 Å². The summed E-state index contributed by atoms with van der Waals surface area (Å²) in [5.74, 6) is 0. The van der Waals surface area contributed by atoms with Gasteiger partial charge >= 0.3 is 48.4 Å². The van der Waals surface area contributed by atoms with Crippen molar-refractivity contribution < 1.29 is 43.3 Å². The molecule has 0 saturated heterocycles. The summed E-state index contributed by atoms with van der Waals surface area (Å²) in [7, 11) is 0. The van der Waals surface area contributed by atoms with E-state index in [9.17, 15) is 0 Å². The van der Waals surface area contributed by atoms with Gasteiger partial charge in [-0.1, -0.05) is 0 Å². The number of hydrogen-bond acceptors (Lipinski definition) is 0. The van der Waals surface area contributed by atoms with Gasteiger partial charge < -0.3 is 0 Å². The van der Waals surface area contributed by atoms with E-state index in [0.29, 0.717) is 0 Å². The fourth-order valence-corrected chi connectivity index (χ4v) is 0. The molecular formula is H2FeLiNaZr. The standard InChI is InChI=1S/Fe.Li.Na.Zr.2H. The van der Waals surface area contributed by atoms with Crippen molar-refractivity contribution in [3.63, 3.8) is 0 Å². The van der Waals surface area contributed by atoms with Gasteiger partial charge in [-0.25, -0.2) is 0 Å². The Kier molecular flexibility index (Phi) is 117. The first-order valence-electron chi connectivity index (χ1n) is 0. The zero-order chi connectivity index (χ0) is 0. The Labute approximate surface area is 89.9 Å². The maximum Gasteiger partial charge on any atom is 0 e. The predicted octanol–water partition coefficient (Wildman–Crippen LogP) is -1.30. The van der Waals surface area contributed by atoms with Crippen LogP contribution in [-0.4, -0.2) is 48.4 Å². The summed E-state index contributed by atoms with van der Waals surface area (Å²) in [6, 6.07) is 0. The Bertz CT molecular complexity index is 8.00. The van der Waals surface area contributed by atoms with E-state index >= 15 is 0 Å². The minimum absolute atomic E-state index is 0. The van der Waals surface area contributed by atoms with E-state index in [1.165, 1.54) is 0 Å². The van der Waals surface area contributed by atoms with Crippen molar-refractivity contribution in [3.8, 4) is 0 Å². The van der Waals surface area contributed by atoms with Crippen molar-refractivity contribution in [3.05, 3.63) is 0 Å². The van der Waals surface area contributed by atoms with Crippen LogP contribution in [-0.2, 0) is 43.3 Å². The van der Waals surface area contributed by atoms with Crippen LogP contribution in [0.5, 0.6) is 0 Å². The van der Waals surface area contributed by atoms with Crippen LogP contribution in [0, 0.1) is 0 Å². The van der Waals surface area contributed by atoms with Crippen molar-refractivity contribution in [1.29, 1.82) is 0 Å². The van der Waals surface area contributed by atoms with Crippen LogP contribution < -0.4 is 0 Å². The largest absolute Gasteiger partial charge is 0 e. The van der Waals surface area contributed by atoms with Gasteiger partial charge in [0, 0.05) is 43.3 Å². The Morgan fingerprint density at radius 1 is 1.00 bits per heavy atom. The van der Waals surface area contributed by atoms with Crippen molar-refractivity contribution >= 4 is 48.4 Å². The molecule has 0 unspecified atom stereocenters. The van der Waals surface area contributed by atoms with Crippen LogP contribution in [0.1, 0.15) is 0 Å². The van der Waals surface area contributed by atoms with Crippen molar-refractivity contribution in [1.82, 2.24) is 0 Å². The predicted molar refractivity (Wildman–Crippen MR) is 14.3 cm³/mol. The monoisotopic (exact) mass is 178 g/mol. The van der Waals surface area contributed by atoms with E-state index in [0.717, 1.165) is 0 Å². The molecule has 0 aromatic heterocycles. The van der Waals surface area contributed by atoms with Crippen LogP contribution in [0.3, 0.4) is 0 Å². The zero-order valence-electron chi connectivity index (χ0n) is 0.854. The second-order valence-electron chi connectivity index (χ2n) is 0. The van der Waals surface area contributed by atoms with Crippen molar-refractivity contribution in [2.45, 2.75) is 0 Å². The second kappa shape index (κ2) is 16.7. The fraction of sp³-hybridized carbons (Fsp3) is 0. The van der Waals surface area contributed by atoms with Crippen LogP contribution in [0.2, 0.25) is 0 Å². The first-order valence-corrected chi connectivity index (χ1v) is 0. The molecule has 0 rings (SSSR count). The third-order valence-corrected chi connectivity index (χ3v) is 0. The van der Waals surface area contributed by atoms with E-state index in [2.05, 4.69) is 0 Å². The third-order valence-electron chi connectivity index (χ3n) is 0. The topological polar surface area (TPSA) is 0 Å². The summed E-state index contributed by atoms with van der Waals surface area (Å²) >= 11 is 0. The molecular weight excluding hydrogens is 177 g/mol. The molecule has 0 aromatic rings. The number of hydrogen-bond donors (Lipinski definition) is 0. The Hall–Kier alpha value is 3.00. The molecule has 0 fully saturated rings. The molecule has 0 nitrogen and oxygen atoms in total. The Morgan fingerprint density at radius 2 is 1.00 bits per heavy atom. The first-order chi connectivity index (χ1) is 0. The minimum atomic E-state index is 0. The van der Waals surface area contributed by atoms with Gasteiger partial charge in [-0.05, 0) is 0 Å². The van der Waals surface area contributed by atoms with Gasteiger partial charge in [0.05, 0.1) is 0 Å².